The highest BCUT2D eigenvalue weighted by Gasteiger charge is 2.38. The van der Waals surface area contributed by atoms with Gasteiger partial charge in [-0.15, -0.1) is 0 Å². The summed E-state index contributed by atoms with van der Waals surface area (Å²) in [7, 11) is 1.63. The first-order valence-electron chi connectivity index (χ1n) is 11.5. The molecule has 0 saturated heterocycles. The molecule has 1 saturated carbocycles. The molecule has 2 aromatic rings. The summed E-state index contributed by atoms with van der Waals surface area (Å²) in [6, 6.07) is 14.8. The van der Waals surface area contributed by atoms with Crippen LogP contribution in [0.1, 0.15) is 36.0 Å². The topological polar surface area (TPSA) is 78.9 Å². The zero-order valence-corrected chi connectivity index (χ0v) is 19.5. The Bertz CT molecular complexity index is 1060. The number of nitrogens with zero attached hydrogens (tertiary/aromatic N) is 1. The molecule has 0 unspecified atom stereocenters. The van der Waals surface area contributed by atoms with Gasteiger partial charge in [0, 0.05) is 36.5 Å². The average Bonchev–Trinajstić information content (AvgIpc) is 2.99. The van der Waals surface area contributed by atoms with Crippen LogP contribution in [0.5, 0.6) is 5.75 Å². The number of carboxylic acid groups (broad SMARTS) is 1. The molecule has 1 aliphatic heterocycles. The van der Waals surface area contributed by atoms with Crippen molar-refractivity contribution in [3.8, 4) is 5.75 Å². The van der Waals surface area contributed by atoms with Crippen LogP contribution in [0, 0.1) is 0 Å². The molecule has 0 bridgehead atoms. The number of carbonyl (C=O) groups is 2. The summed E-state index contributed by atoms with van der Waals surface area (Å²) in [6.45, 7) is 2.29. The third-order valence-electron chi connectivity index (χ3n) is 6.20. The SMILES string of the molecule is COc1ccccc1/C=C/C(=O)Nc1ccc2c(c1)CCN(C1CCC1)CC2.O=C(O)C(F)(F)F. The number of para-hydroxylation sites is 1. The van der Waals surface area contributed by atoms with Crippen LogP contribution in [0.25, 0.3) is 6.08 Å². The van der Waals surface area contributed by atoms with E-state index in [-0.39, 0.29) is 5.91 Å². The molecule has 0 aromatic heterocycles. The van der Waals surface area contributed by atoms with Crippen molar-refractivity contribution < 1.29 is 32.6 Å². The number of methoxy groups -OCH3 is 1. The number of anilines is 1. The largest absolute Gasteiger partial charge is 0.496 e. The van der Waals surface area contributed by atoms with E-state index in [0.29, 0.717) is 0 Å². The van der Waals surface area contributed by atoms with Crippen LogP contribution >= 0.6 is 0 Å². The third-order valence-corrected chi connectivity index (χ3v) is 6.20. The minimum Gasteiger partial charge on any atom is -0.496 e. The highest BCUT2D eigenvalue weighted by molar-refractivity contribution is 6.02. The molecule has 1 heterocycles. The van der Waals surface area contributed by atoms with Crippen molar-refractivity contribution in [1.82, 2.24) is 4.90 Å². The highest BCUT2D eigenvalue weighted by Crippen LogP contribution is 2.28. The molecule has 35 heavy (non-hydrogen) atoms. The van der Waals surface area contributed by atoms with Crippen LogP contribution in [0.2, 0.25) is 0 Å². The summed E-state index contributed by atoms with van der Waals surface area (Å²) in [5, 5.41) is 10.1. The number of benzene rings is 2. The first-order chi connectivity index (χ1) is 16.7. The summed E-state index contributed by atoms with van der Waals surface area (Å²) in [4.78, 5) is 23.9. The number of aliphatic carboxylic acids is 1. The Hall–Kier alpha value is -3.33. The number of halogens is 3. The predicted octanol–water partition coefficient (Wildman–Crippen LogP) is 4.93. The van der Waals surface area contributed by atoms with Gasteiger partial charge in [0.1, 0.15) is 5.75 Å². The van der Waals surface area contributed by atoms with Crippen molar-refractivity contribution in [3.63, 3.8) is 0 Å². The average molecular weight is 491 g/mol. The first kappa shape index (κ1) is 26.3. The number of fused-ring (bicyclic) bond motifs is 1. The lowest BCUT2D eigenvalue weighted by atomic mass is 9.91. The highest BCUT2D eigenvalue weighted by atomic mass is 19.4. The number of nitrogens with one attached hydrogen (secondary N) is 1. The molecule has 2 aliphatic rings. The van der Waals surface area contributed by atoms with Gasteiger partial charge in [-0.25, -0.2) is 4.79 Å². The number of amides is 1. The lowest BCUT2D eigenvalue weighted by Gasteiger charge is -2.36. The van der Waals surface area contributed by atoms with Crippen LogP contribution in [-0.4, -0.2) is 54.3 Å². The number of carbonyl (C=O) groups excluding carboxylic acids is 1. The van der Waals surface area contributed by atoms with Crippen LogP contribution < -0.4 is 10.1 Å². The maximum absolute atomic E-state index is 12.4. The molecule has 9 heteroatoms. The third kappa shape index (κ3) is 7.58. The molecule has 4 rings (SSSR count). The van der Waals surface area contributed by atoms with Crippen molar-refractivity contribution in [2.45, 2.75) is 44.3 Å². The predicted molar refractivity (Wildman–Crippen MR) is 127 cm³/mol. The van der Waals surface area contributed by atoms with Crippen LogP contribution in [-0.2, 0) is 22.4 Å². The van der Waals surface area contributed by atoms with Crippen molar-refractivity contribution in [1.29, 1.82) is 0 Å². The number of alkyl halides is 3. The van der Waals surface area contributed by atoms with Gasteiger partial charge in [-0.1, -0.05) is 30.7 Å². The number of hydrogen-bond acceptors (Lipinski definition) is 4. The van der Waals surface area contributed by atoms with Crippen LogP contribution in [0.4, 0.5) is 18.9 Å². The summed E-state index contributed by atoms with van der Waals surface area (Å²) in [5.74, 6) is -2.13. The molecule has 188 valence electrons. The van der Waals surface area contributed by atoms with Crippen LogP contribution in [0.3, 0.4) is 0 Å². The molecule has 2 N–H and O–H groups in total. The minimum absolute atomic E-state index is 0.129. The van der Waals surface area contributed by atoms with Crippen molar-refractivity contribution in [2.75, 3.05) is 25.5 Å². The molecule has 1 fully saturated rings. The van der Waals surface area contributed by atoms with Gasteiger partial charge in [-0.2, -0.15) is 13.2 Å². The Morgan fingerprint density at radius 2 is 1.74 bits per heavy atom. The zero-order chi connectivity index (χ0) is 25.4. The van der Waals surface area contributed by atoms with E-state index in [1.165, 1.54) is 30.4 Å². The van der Waals surface area contributed by atoms with E-state index in [4.69, 9.17) is 14.6 Å². The molecule has 6 nitrogen and oxygen atoms in total. The van der Waals surface area contributed by atoms with E-state index in [2.05, 4.69) is 22.3 Å². The maximum atomic E-state index is 12.4. The van der Waals surface area contributed by atoms with E-state index in [0.717, 1.165) is 49.0 Å². The monoisotopic (exact) mass is 490 g/mol. The number of rotatable bonds is 5. The summed E-state index contributed by atoms with van der Waals surface area (Å²) in [5.41, 5.74) is 4.54. The second kappa shape index (κ2) is 11.9. The van der Waals surface area contributed by atoms with Gasteiger partial charge in [0.05, 0.1) is 7.11 Å². The van der Waals surface area contributed by atoms with Gasteiger partial charge < -0.3 is 15.2 Å². The molecule has 1 aliphatic carbocycles. The second-order valence-corrected chi connectivity index (χ2v) is 8.47. The van der Waals surface area contributed by atoms with Crippen molar-refractivity contribution in [2.24, 2.45) is 0 Å². The van der Waals surface area contributed by atoms with E-state index in [9.17, 15) is 18.0 Å². The Morgan fingerprint density at radius 3 is 2.34 bits per heavy atom. The van der Waals surface area contributed by atoms with Gasteiger partial charge in [0.2, 0.25) is 5.91 Å². The smallest absolute Gasteiger partial charge is 0.490 e. The fourth-order valence-electron chi connectivity index (χ4n) is 4.09. The molecule has 0 atom stereocenters. The summed E-state index contributed by atoms with van der Waals surface area (Å²) in [6.07, 6.45) is 4.52. The van der Waals surface area contributed by atoms with Crippen molar-refractivity contribution >= 4 is 23.6 Å². The number of hydrogen-bond donors (Lipinski definition) is 2. The lowest BCUT2D eigenvalue weighted by Crippen LogP contribution is -2.41. The zero-order valence-electron chi connectivity index (χ0n) is 19.5. The Morgan fingerprint density at radius 1 is 1.09 bits per heavy atom. The lowest BCUT2D eigenvalue weighted by molar-refractivity contribution is -0.192. The van der Waals surface area contributed by atoms with Gasteiger partial charge in [-0.05, 0) is 61.1 Å². The Balaban J connectivity index is 0.000000429. The Kier molecular flexibility index (Phi) is 8.92. The fourth-order valence-corrected chi connectivity index (χ4v) is 4.09. The summed E-state index contributed by atoms with van der Waals surface area (Å²) >= 11 is 0. The van der Waals surface area contributed by atoms with E-state index >= 15 is 0 Å². The maximum Gasteiger partial charge on any atom is 0.490 e. The number of carboxylic acids is 1. The van der Waals surface area contributed by atoms with E-state index in [1.54, 1.807) is 19.3 Å². The molecular weight excluding hydrogens is 461 g/mol. The molecule has 2 aromatic carbocycles. The quantitative estimate of drug-likeness (QED) is 0.581. The standard InChI is InChI=1S/C24H28N2O2.C2HF3O2/c1-28-23-8-3-2-5-19(23)10-12-24(27)25-21-11-9-18-13-15-26(22-6-4-7-22)16-14-20(18)17-21;3-2(4,5)1(6)7/h2-3,5,8-12,17,22H,4,6-7,13-16H2,1H3,(H,25,27);(H,6,7)/b12-10+;. The molecule has 1 amide bonds. The number of ether oxygens (including phenoxy) is 1. The van der Waals surface area contributed by atoms with Crippen molar-refractivity contribution in [3.05, 3.63) is 65.2 Å². The van der Waals surface area contributed by atoms with Gasteiger partial charge >= 0.3 is 12.1 Å². The normalized spacial score (nSPS) is 16.3. The Labute approximate surface area is 202 Å². The molecular formula is C26H29F3N2O4. The van der Waals surface area contributed by atoms with Crippen LogP contribution in [0.15, 0.2) is 48.5 Å². The second-order valence-electron chi connectivity index (χ2n) is 8.47. The summed E-state index contributed by atoms with van der Waals surface area (Å²) < 4.78 is 37.1. The molecule has 0 radical (unpaired) electrons. The van der Waals surface area contributed by atoms with Gasteiger partial charge in [0.25, 0.3) is 0 Å². The van der Waals surface area contributed by atoms with E-state index < -0.39 is 12.1 Å². The van der Waals surface area contributed by atoms with E-state index in [1.807, 2.05) is 30.3 Å². The fraction of sp³-hybridized carbons (Fsp3) is 0.385. The first-order valence-corrected chi connectivity index (χ1v) is 11.5. The molecule has 0 spiro atoms. The minimum atomic E-state index is -5.08. The van der Waals surface area contributed by atoms with Gasteiger partial charge in [0.15, 0.2) is 0 Å². The van der Waals surface area contributed by atoms with Gasteiger partial charge in [-0.3, -0.25) is 9.69 Å².